The van der Waals surface area contributed by atoms with Gasteiger partial charge in [0.1, 0.15) is 0 Å². The zero-order chi connectivity index (χ0) is 13.0. The van der Waals surface area contributed by atoms with E-state index in [4.69, 9.17) is 0 Å². The Labute approximate surface area is 107 Å². The molecule has 0 saturated heterocycles. The number of halogens is 2. The molecule has 1 N–H and O–H groups in total. The highest BCUT2D eigenvalue weighted by Gasteiger charge is 2.19. The van der Waals surface area contributed by atoms with Crippen molar-refractivity contribution in [2.24, 2.45) is 0 Å². The molecule has 0 radical (unpaired) electrons. The number of nitrogens with zero attached hydrogens (tertiary/aromatic N) is 1. The molecule has 1 saturated carbocycles. The Bertz CT molecular complexity index is 378. The largest absolute Gasteiger partial charge is 0.310 e. The number of rotatable bonds is 7. The first-order valence-electron chi connectivity index (χ1n) is 6.41. The third-order valence-electron chi connectivity index (χ3n) is 3.07. The summed E-state index contributed by atoms with van der Waals surface area (Å²) in [6.45, 7) is 1.27. The van der Waals surface area contributed by atoms with E-state index >= 15 is 0 Å². The molecule has 2 nitrogen and oxygen atoms in total. The average Bonchev–Trinajstić information content (AvgIpc) is 3.09. The number of benzene rings is 1. The molecule has 1 aromatic carbocycles. The molecule has 0 aliphatic heterocycles. The van der Waals surface area contributed by atoms with Crippen LogP contribution < -0.4 is 5.32 Å². The minimum absolute atomic E-state index is 0.176. The molecule has 0 bridgehead atoms. The summed E-state index contributed by atoms with van der Waals surface area (Å²) in [7, 11) is 1.72. The molecule has 0 amide bonds. The lowest BCUT2D eigenvalue weighted by Crippen LogP contribution is -2.24. The highest BCUT2D eigenvalue weighted by molar-refractivity contribution is 5.23. The Kier molecular flexibility index (Phi) is 4.66. The van der Waals surface area contributed by atoms with Crippen LogP contribution in [0.3, 0.4) is 0 Å². The van der Waals surface area contributed by atoms with E-state index in [1.165, 1.54) is 18.4 Å². The van der Waals surface area contributed by atoms with Gasteiger partial charge in [-0.15, -0.1) is 0 Å². The van der Waals surface area contributed by atoms with E-state index in [9.17, 15) is 8.78 Å². The van der Waals surface area contributed by atoms with Crippen LogP contribution >= 0.6 is 0 Å². The van der Waals surface area contributed by atoms with E-state index in [1.807, 2.05) is 12.1 Å². The summed E-state index contributed by atoms with van der Waals surface area (Å²) >= 11 is 0. The van der Waals surface area contributed by atoms with Gasteiger partial charge < -0.3 is 5.32 Å². The predicted octanol–water partition coefficient (Wildman–Crippen LogP) is 2.64. The summed E-state index contributed by atoms with van der Waals surface area (Å²) in [5.41, 5.74) is 2.32. The first kappa shape index (κ1) is 13.4. The van der Waals surface area contributed by atoms with Crippen molar-refractivity contribution in [2.75, 3.05) is 13.6 Å². The molecule has 1 aliphatic carbocycles. The quantitative estimate of drug-likeness (QED) is 0.804. The second-order valence-electron chi connectivity index (χ2n) is 5.06. The minimum Gasteiger partial charge on any atom is -0.310 e. The van der Waals surface area contributed by atoms with Crippen LogP contribution in [0.25, 0.3) is 0 Å². The number of hydrogen-bond donors (Lipinski definition) is 1. The highest BCUT2D eigenvalue weighted by Crippen LogP contribution is 2.19. The van der Waals surface area contributed by atoms with Gasteiger partial charge in [0.15, 0.2) is 0 Å². The average molecular weight is 254 g/mol. The Morgan fingerprint density at radius 3 is 2.72 bits per heavy atom. The van der Waals surface area contributed by atoms with Crippen molar-refractivity contribution in [1.82, 2.24) is 10.2 Å². The van der Waals surface area contributed by atoms with Crippen LogP contribution in [-0.4, -0.2) is 31.0 Å². The molecule has 1 fully saturated rings. The van der Waals surface area contributed by atoms with Gasteiger partial charge in [0.2, 0.25) is 0 Å². The Hall–Kier alpha value is -1.00. The monoisotopic (exact) mass is 254 g/mol. The van der Waals surface area contributed by atoms with Gasteiger partial charge in [-0.3, -0.25) is 4.90 Å². The van der Waals surface area contributed by atoms with Crippen LogP contribution in [0.2, 0.25) is 0 Å². The lowest BCUT2D eigenvalue weighted by atomic mass is 10.1. The molecule has 1 aromatic rings. The van der Waals surface area contributed by atoms with Crippen molar-refractivity contribution < 1.29 is 8.78 Å². The zero-order valence-electron chi connectivity index (χ0n) is 10.7. The maximum absolute atomic E-state index is 12.2. The second kappa shape index (κ2) is 6.25. The fraction of sp³-hybridized carbons (Fsp3) is 0.571. The summed E-state index contributed by atoms with van der Waals surface area (Å²) in [5.74, 6) is 0. The fourth-order valence-electron chi connectivity index (χ4n) is 2.00. The molecule has 0 heterocycles. The summed E-state index contributed by atoms with van der Waals surface area (Å²) in [5, 5.41) is 3.45. The maximum Gasteiger partial charge on any atom is 0.251 e. The highest BCUT2D eigenvalue weighted by atomic mass is 19.3. The third kappa shape index (κ3) is 4.70. The molecule has 4 heteroatoms. The first-order chi connectivity index (χ1) is 8.63. The molecule has 18 heavy (non-hydrogen) atoms. The second-order valence-corrected chi connectivity index (χ2v) is 5.06. The summed E-state index contributed by atoms with van der Waals surface area (Å²) < 4.78 is 24.5. The summed E-state index contributed by atoms with van der Waals surface area (Å²) in [4.78, 5) is 1.65. The van der Waals surface area contributed by atoms with Crippen LogP contribution in [0.4, 0.5) is 8.78 Å². The van der Waals surface area contributed by atoms with Gasteiger partial charge in [-0.25, -0.2) is 8.78 Å². The normalized spacial score (nSPS) is 15.6. The van der Waals surface area contributed by atoms with E-state index in [0.29, 0.717) is 12.6 Å². The summed E-state index contributed by atoms with van der Waals surface area (Å²) in [6.07, 6.45) is 0.280. The molecule has 0 unspecified atom stereocenters. The molecule has 100 valence electrons. The van der Waals surface area contributed by atoms with Crippen molar-refractivity contribution in [2.45, 2.75) is 38.4 Å². The van der Waals surface area contributed by atoms with Gasteiger partial charge in [0.05, 0.1) is 6.54 Å². The van der Waals surface area contributed by atoms with Gasteiger partial charge in [-0.1, -0.05) is 24.3 Å². The zero-order valence-corrected chi connectivity index (χ0v) is 10.7. The van der Waals surface area contributed by atoms with Crippen molar-refractivity contribution in [1.29, 1.82) is 0 Å². The standard InChI is InChI=1S/C14H20F2N2/c1-18(10-14(15)16)9-12-4-2-3-11(7-12)8-17-13-5-6-13/h2-4,7,13-14,17H,5-6,8-10H2,1H3. The lowest BCUT2D eigenvalue weighted by Gasteiger charge is -2.16. The van der Waals surface area contributed by atoms with Gasteiger partial charge in [-0.2, -0.15) is 0 Å². The fourth-order valence-corrected chi connectivity index (χ4v) is 2.00. The van der Waals surface area contributed by atoms with Gasteiger partial charge >= 0.3 is 0 Å². The SMILES string of the molecule is CN(Cc1cccc(CNC2CC2)c1)CC(F)F. The van der Waals surface area contributed by atoms with E-state index in [2.05, 4.69) is 17.4 Å². The van der Waals surface area contributed by atoms with Gasteiger partial charge in [-0.05, 0) is 31.0 Å². The number of hydrogen-bond acceptors (Lipinski definition) is 2. The lowest BCUT2D eigenvalue weighted by molar-refractivity contribution is 0.0975. The van der Waals surface area contributed by atoms with Crippen LogP contribution in [0.15, 0.2) is 24.3 Å². The predicted molar refractivity (Wildman–Crippen MR) is 68.6 cm³/mol. The molecule has 1 aliphatic rings. The molecule has 0 spiro atoms. The smallest absolute Gasteiger partial charge is 0.251 e. The maximum atomic E-state index is 12.2. The Morgan fingerprint density at radius 2 is 2.06 bits per heavy atom. The molecule has 0 aromatic heterocycles. The van der Waals surface area contributed by atoms with Crippen LogP contribution in [-0.2, 0) is 13.1 Å². The Balaban J connectivity index is 1.85. The molecule has 2 rings (SSSR count). The van der Waals surface area contributed by atoms with Crippen LogP contribution in [0.5, 0.6) is 0 Å². The summed E-state index contributed by atoms with van der Waals surface area (Å²) in [6, 6.07) is 8.84. The van der Waals surface area contributed by atoms with Crippen molar-refractivity contribution in [3.63, 3.8) is 0 Å². The minimum atomic E-state index is -2.27. The van der Waals surface area contributed by atoms with Gasteiger partial charge in [0, 0.05) is 19.1 Å². The van der Waals surface area contributed by atoms with Crippen molar-refractivity contribution >= 4 is 0 Å². The van der Waals surface area contributed by atoms with Crippen LogP contribution in [0, 0.1) is 0 Å². The van der Waals surface area contributed by atoms with E-state index in [0.717, 1.165) is 12.1 Å². The number of alkyl halides is 2. The third-order valence-corrected chi connectivity index (χ3v) is 3.07. The van der Waals surface area contributed by atoms with Gasteiger partial charge in [0.25, 0.3) is 6.43 Å². The molecular formula is C14H20F2N2. The Morgan fingerprint density at radius 1 is 1.33 bits per heavy atom. The topological polar surface area (TPSA) is 15.3 Å². The van der Waals surface area contributed by atoms with E-state index < -0.39 is 6.43 Å². The molecular weight excluding hydrogens is 234 g/mol. The van der Waals surface area contributed by atoms with Crippen molar-refractivity contribution in [3.8, 4) is 0 Å². The first-order valence-corrected chi connectivity index (χ1v) is 6.41. The van der Waals surface area contributed by atoms with Crippen LogP contribution in [0.1, 0.15) is 24.0 Å². The van der Waals surface area contributed by atoms with E-state index in [-0.39, 0.29) is 6.54 Å². The molecule has 0 atom stereocenters. The van der Waals surface area contributed by atoms with E-state index in [1.54, 1.807) is 11.9 Å². The number of nitrogens with one attached hydrogen (secondary N) is 1. The van der Waals surface area contributed by atoms with Crippen molar-refractivity contribution in [3.05, 3.63) is 35.4 Å².